The van der Waals surface area contributed by atoms with E-state index in [0.717, 1.165) is 0 Å². The molecule has 0 saturated heterocycles. The van der Waals surface area contributed by atoms with Crippen molar-refractivity contribution in [3.8, 4) is 0 Å². The van der Waals surface area contributed by atoms with E-state index in [2.05, 4.69) is 55.1 Å². The first kappa shape index (κ1) is 11.7. The van der Waals surface area contributed by atoms with Crippen LogP contribution in [0.2, 0.25) is 3.36 Å². The quantitative estimate of drug-likeness (QED) is 0.698. The zero-order valence-corrected chi connectivity index (χ0v) is 11.4. The van der Waals surface area contributed by atoms with Gasteiger partial charge in [0.15, 0.2) is 0 Å². The van der Waals surface area contributed by atoms with Gasteiger partial charge >= 0.3 is 79.2 Å². The molecule has 0 N–H and O–H groups in total. The second-order valence-electron chi connectivity index (χ2n) is 4.15. The van der Waals surface area contributed by atoms with Crippen LogP contribution in [0.3, 0.4) is 0 Å². The zero-order valence-electron chi connectivity index (χ0n) is 8.84. The van der Waals surface area contributed by atoms with Crippen LogP contribution in [0.15, 0.2) is 0 Å². The predicted molar refractivity (Wildman–Crippen MR) is 52.8 cm³/mol. The molecular weight excluding hydrogens is 246 g/mol. The minimum absolute atomic E-state index is 0.496. The predicted octanol–water partition coefficient (Wildman–Crippen LogP) is 1.40. The van der Waals surface area contributed by atoms with Crippen LogP contribution in [0.5, 0.6) is 0 Å². The van der Waals surface area contributed by atoms with Gasteiger partial charge < -0.3 is 0 Å². The van der Waals surface area contributed by atoms with Crippen molar-refractivity contribution in [1.29, 1.82) is 0 Å². The summed E-state index contributed by atoms with van der Waals surface area (Å²) < 4.78 is 5.36. The van der Waals surface area contributed by atoms with Crippen molar-refractivity contribution in [1.82, 2.24) is 6.12 Å². The van der Waals surface area contributed by atoms with Gasteiger partial charge in [-0.1, -0.05) is 0 Å². The standard InChI is InChI=1S/C4H9.2C2H6N.Sb/c1-4(2)3;2*1-3-2;/h1-3H3;2*1-2H3;/q;2*-1;+2. The SMILES string of the molecule is C[N](C)[Sb]([N](C)C)[C](C)(C)C. The van der Waals surface area contributed by atoms with Crippen LogP contribution in [0.25, 0.3) is 0 Å². The van der Waals surface area contributed by atoms with E-state index in [1.165, 1.54) is 0 Å². The van der Waals surface area contributed by atoms with Gasteiger partial charge in [-0.2, -0.15) is 0 Å². The first-order valence-electron chi connectivity index (χ1n) is 3.91. The fourth-order valence-electron chi connectivity index (χ4n) is 1.56. The number of hydrogen-bond acceptors (Lipinski definition) is 2. The molecule has 68 valence electrons. The van der Waals surface area contributed by atoms with Crippen LogP contribution in [-0.4, -0.2) is 55.1 Å². The van der Waals surface area contributed by atoms with E-state index in [-0.39, 0.29) is 0 Å². The van der Waals surface area contributed by atoms with Crippen LogP contribution in [0.1, 0.15) is 20.8 Å². The van der Waals surface area contributed by atoms with E-state index in [9.17, 15) is 0 Å². The summed E-state index contributed by atoms with van der Waals surface area (Å²) in [6.45, 7) is 7.03. The minimum atomic E-state index is -1.35. The molecule has 0 heterocycles. The molecule has 0 radical (unpaired) electrons. The van der Waals surface area contributed by atoms with Gasteiger partial charge in [0.1, 0.15) is 0 Å². The number of rotatable bonds is 2. The van der Waals surface area contributed by atoms with E-state index < -0.39 is 20.8 Å². The summed E-state index contributed by atoms with van der Waals surface area (Å²) in [7, 11) is 8.81. The van der Waals surface area contributed by atoms with Gasteiger partial charge in [-0.05, 0) is 0 Å². The first-order chi connectivity index (χ1) is 4.76. The van der Waals surface area contributed by atoms with Gasteiger partial charge in [0, 0.05) is 0 Å². The third kappa shape index (κ3) is 3.77. The molecule has 0 aliphatic carbocycles. The average molecular weight is 267 g/mol. The second kappa shape index (κ2) is 4.11. The van der Waals surface area contributed by atoms with Gasteiger partial charge in [-0.15, -0.1) is 0 Å². The van der Waals surface area contributed by atoms with E-state index in [1.54, 1.807) is 0 Å². The average Bonchev–Trinajstić information content (AvgIpc) is 1.54. The van der Waals surface area contributed by atoms with Crippen molar-refractivity contribution < 1.29 is 0 Å². The summed E-state index contributed by atoms with van der Waals surface area (Å²) in [6, 6.07) is 0. The molecule has 0 atom stereocenters. The fourth-order valence-corrected chi connectivity index (χ4v) is 10.4. The van der Waals surface area contributed by atoms with Crippen molar-refractivity contribution >= 4 is 20.8 Å². The third-order valence-corrected chi connectivity index (χ3v) is 9.11. The molecule has 0 fully saturated rings. The van der Waals surface area contributed by atoms with Crippen LogP contribution in [0.4, 0.5) is 0 Å². The molecule has 0 rings (SSSR count). The van der Waals surface area contributed by atoms with Gasteiger partial charge in [0.2, 0.25) is 0 Å². The fraction of sp³-hybridized carbons (Fsp3) is 1.00. The van der Waals surface area contributed by atoms with Gasteiger partial charge in [-0.3, -0.25) is 0 Å². The number of nitrogens with zero attached hydrogens (tertiary/aromatic N) is 2. The van der Waals surface area contributed by atoms with Crippen molar-refractivity contribution in [2.75, 3.05) is 28.2 Å². The van der Waals surface area contributed by atoms with E-state index in [4.69, 9.17) is 0 Å². The Kier molecular flexibility index (Phi) is 4.39. The maximum absolute atomic E-state index is 2.43. The molecule has 0 bridgehead atoms. The van der Waals surface area contributed by atoms with Crippen LogP contribution >= 0.6 is 0 Å². The molecule has 0 aromatic rings. The van der Waals surface area contributed by atoms with Gasteiger partial charge in [0.05, 0.1) is 0 Å². The Hall–Kier alpha value is 0.738. The Bertz CT molecular complexity index is 108. The first-order valence-corrected chi connectivity index (χ1v) is 7.47. The Labute approximate surface area is 79.2 Å². The van der Waals surface area contributed by atoms with Crippen LogP contribution in [0, 0.1) is 0 Å². The second-order valence-corrected chi connectivity index (χ2v) is 14.2. The molecule has 3 heteroatoms. The molecule has 0 aliphatic rings. The summed E-state index contributed by atoms with van der Waals surface area (Å²) in [4.78, 5) is 0. The molecule has 0 unspecified atom stereocenters. The van der Waals surface area contributed by atoms with Crippen molar-refractivity contribution in [3.05, 3.63) is 0 Å². The molecule has 0 saturated carbocycles. The van der Waals surface area contributed by atoms with Crippen molar-refractivity contribution in [2.45, 2.75) is 24.1 Å². The van der Waals surface area contributed by atoms with E-state index in [1.807, 2.05) is 0 Å². The monoisotopic (exact) mass is 266 g/mol. The maximum atomic E-state index is 2.43. The Morgan fingerprint density at radius 3 is 1.09 bits per heavy atom. The molecule has 11 heavy (non-hydrogen) atoms. The third-order valence-electron chi connectivity index (χ3n) is 1.36. The molecular formula is C8H21N2Sb. The summed E-state index contributed by atoms with van der Waals surface area (Å²) in [6.07, 6.45) is 0. The Morgan fingerprint density at radius 2 is 1.09 bits per heavy atom. The normalized spacial score (nSPS) is 13.6. The van der Waals surface area contributed by atoms with Crippen LogP contribution < -0.4 is 0 Å². The topological polar surface area (TPSA) is 6.48 Å². The molecule has 0 spiro atoms. The molecule has 0 aromatic carbocycles. The van der Waals surface area contributed by atoms with E-state index in [0.29, 0.717) is 3.36 Å². The van der Waals surface area contributed by atoms with Gasteiger partial charge in [-0.25, -0.2) is 0 Å². The summed E-state index contributed by atoms with van der Waals surface area (Å²) in [5.74, 6) is 0. The Balaban J connectivity index is 4.35. The molecule has 0 amide bonds. The summed E-state index contributed by atoms with van der Waals surface area (Å²) in [5.41, 5.74) is 0. The molecule has 0 aliphatic heterocycles. The summed E-state index contributed by atoms with van der Waals surface area (Å²) in [5, 5.41) is 0. The van der Waals surface area contributed by atoms with E-state index >= 15 is 0 Å². The summed E-state index contributed by atoms with van der Waals surface area (Å²) >= 11 is -1.35. The van der Waals surface area contributed by atoms with Crippen LogP contribution in [-0.2, 0) is 0 Å². The number of hydrogen-bond donors (Lipinski definition) is 0. The van der Waals surface area contributed by atoms with Crippen molar-refractivity contribution in [2.24, 2.45) is 0 Å². The molecule has 2 nitrogen and oxygen atoms in total. The Morgan fingerprint density at radius 1 is 0.818 bits per heavy atom. The van der Waals surface area contributed by atoms with Gasteiger partial charge in [0.25, 0.3) is 0 Å². The molecule has 0 aromatic heterocycles. The van der Waals surface area contributed by atoms with Crippen molar-refractivity contribution in [3.63, 3.8) is 0 Å². The zero-order chi connectivity index (χ0) is 9.23.